The highest BCUT2D eigenvalue weighted by Gasteiger charge is 2.47. The first-order chi connectivity index (χ1) is 17.9. The van der Waals surface area contributed by atoms with Crippen LogP contribution in [-0.2, 0) is 16.1 Å². The minimum Gasteiger partial charge on any atom is -0.496 e. The van der Waals surface area contributed by atoms with Crippen molar-refractivity contribution >= 4 is 11.9 Å². The highest BCUT2D eigenvalue weighted by Crippen LogP contribution is 2.54. The normalized spacial score (nSPS) is 17.7. The fourth-order valence-corrected chi connectivity index (χ4v) is 4.80. The van der Waals surface area contributed by atoms with E-state index < -0.39 is 17.2 Å². The zero-order chi connectivity index (χ0) is 27.5. The van der Waals surface area contributed by atoms with Gasteiger partial charge in [0.15, 0.2) is 5.69 Å². The maximum atomic E-state index is 14.3. The molecule has 1 fully saturated rings. The van der Waals surface area contributed by atoms with Crippen LogP contribution in [0.25, 0.3) is 16.9 Å². The minimum absolute atomic E-state index is 0.0237. The van der Waals surface area contributed by atoms with Crippen LogP contribution < -0.4 is 9.47 Å². The smallest absolute Gasteiger partial charge is 0.309 e. The lowest BCUT2D eigenvalue weighted by Gasteiger charge is -2.31. The van der Waals surface area contributed by atoms with Crippen LogP contribution in [0.1, 0.15) is 54.7 Å². The molecule has 5 rings (SSSR count). The van der Waals surface area contributed by atoms with Crippen LogP contribution in [0, 0.1) is 17.6 Å². The monoisotopic (exact) mass is 525 g/mol. The van der Waals surface area contributed by atoms with E-state index in [1.807, 2.05) is 26.8 Å². The second-order valence-electron chi connectivity index (χ2n) is 10.6. The third kappa shape index (κ3) is 4.27. The van der Waals surface area contributed by atoms with Gasteiger partial charge in [0, 0.05) is 41.8 Å². The number of carbonyl (C=O) groups is 2. The van der Waals surface area contributed by atoms with Crippen LogP contribution >= 0.6 is 0 Å². The molecule has 8 nitrogen and oxygen atoms in total. The molecule has 1 amide bonds. The molecule has 200 valence electrons. The number of halogens is 2. The van der Waals surface area contributed by atoms with Crippen molar-refractivity contribution in [2.24, 2.45) is 5.92 Å². The van der Waals surface area contributed by atoms with Crippen LogP contribution in [0.4, 0.5) is 8.78 Å². The number of methoxy groups -OCH3 is 2. The number of amides is 1. The molecule has 1 aromatic heterocycles. The number of ether oxygens (including phenoxy) is 3. The lowest BCUT2D eigenvalue weighted by Crippen LogP contribution is -2.43. The van der Waals surface area contributed by atoms with E-state index in [0.29, 0.717) is 34.7 Å². The molecule has 2 unspecified atom stereocenters. The van der Waals surface area contributed by atoms with Gasteiger partial charge in [-0.15, -0.1) is 0 Å². The standard InChI is InChI=1S/C28H29F2N3O5/c1-28(2,3)32(4)26(34)24-21-13-38-23-12-22(36-5)18(17-10-19(17)27(35)37-6)11-20(23)25(21)33(31-24)16-8-14(29)7-15(30)9-16/h7-9,11-12,17,19H,10,13H2,1-6H3. The molecule has 2 heterocycles. The van der Waals surface area contributed by atoms with Crippen LogP contribution in [0.2, 0.25) is 0 Å². The van der Waals surface area contributed by atoms with Gasteiger partial charge in [0.2, 0.25) is 0 Å². The minimum atomic E-state index is -0.773. The highest BCUT2D eigenvalue weighted by atomic mass is 19.1. The summed E-state index contributed by atoms with van der Waals surface area (Å²) in [5.41, 5.74) is 2.09. The van der Waals surface area contributed by atoms with Gasteiger partial charge in [-0.3, -0.25) is 9.59 Å². The molecule has 0 N–H and O–H groups in total. The number of esters is 1. The molecule has 10 heteroatoms. The van der Waals surface area contributed by atoms with Crippen molar-refractivity contribution in [3.63, 3.8) is 0 Å². The summed E-state index contributed by atoms with van der Waals surface area (Å²) in [7, 11) is 4.57. The van der Waals surface area contributed by atoms with Crippen LogP contribution in [-0.4, -0.2) is 53.4 Å². The number of hydrogen-bond donors (Lipinski definition) is 0. The van der Waals surface area contributed by atoms with Gasteiger partial charge in [0.25, 0.3) is 5.91 Å². The van der Waals surface area contributed by atoms with Crippen LogP contribution in [0.3, 0.4) is 0 Å². The summed E-state index contributed by atoms with van der Waals surface area (Å²) in [6.45, 7) is 5.71. The fourth-order valence-electron chi connectivity index (χ4n) is 4.80. The van der Waals surface area contributed by atoms with E-state index >= 15 is 0 Å². The summed E-state index contributed by atoms with van der Waals surface area (Å²) in [4.78, 5) is 27.3. The van der Waals surface area contributed by atoms with Gasteiger partial charge in [0.05, 0.1) is 31.5 Å². The largest absolute Gasteiger partial charge is 0.496 e. The SMILES string of the molecule is COC(=O)C1CC1c1cc2c(cc1OC)OCc1c(C(=O)N(C)C(C)(C)C)nn(-c3cc(F)cc(F)c3)c1-2. The van der Waals surface area contributed by atoms with E-state index in [0.717, 1.165) is 23.8 Å². The van der Waals surface area contributed by atoms with Gasteiger partial charge in [-0.1, -0.05) is 0 Å². The van der Waals surface area contributed by atoms with Gasteiger partial charge >= 0.3 is 5.97 Å². The molecular weight excluding hydrogens is 496 g/mol. The first kappa shape index (κ1) is 25.7. The maximum absolute atomic E-state index is 14.3. The summed E-state index contributed by atoms with van der Waals surface area (Å²) >= 11 is 0. The summed E-state index contributed by atoms with van der Waals surface area (Å²) < 4.78 is 46.5. The Morgan fingerprint density at radius 2 is 1.79 bits per heavy atom. The van der Waals surface area contributed by atoms with Gasteiger partial charge < -0.3 is 19.1 Å². The van der Waals surface area contributed by atoms with Gasteiger partial charge in [0.1, 0.15) is 29.7 Å². The third-order valence-corrected chi connectivity index (χ3v) is 7.24. The van der Waals surface area contributed by atoms with E-state index in [9.17, 15) is 18.4 Å². The Kier molecular flexibility index (Phi) is 6.16. The van der Waals surface area contributed by atoms with Crippen LogP contribution in [0.5, 0.6) is 11.5 Å². The second kappa shape index (κ2) is 9.11. The molecule has 2 aromatic carbocycles. The Hall–Kier alpha value is -3.95. The number of aromatic nitrogens is 2. The molecule has 2 atom stereocenters. The van der Waals surface area contributed by atoms with E-state index in [-0.39, 0.29) is 41.7 Å². The van der Waals surface area contributed by atoms with Crippen molar-refractivity contribution < 1.29 is 32.6 Å². The molecule has 1 saturated carbocycles. The maximum Gasteiger partial charge on any atom is 0.309 e. The number of fused-ring (bicyclic) bond motifs is 3. The van der Waals surface area contributed by atoms with Crippen molar-refractivity contribution in [3.05, 3.63) is 58.8 Å². The Balaban J connectivity index is 1.73. The van der Waals surface area contributed by atoms with Crippen LogP contribution in [0.15, 0.2) is 30.3 Å². The summed E-state index contributed by atoms with van der Waals surface area (Å²) in [6, 6.07) is 6.67. The molecule has 0 spiro atoms. The highest BCUT2D eigenvalue weighted by molar-refractivity contribution is 5.97. The molecule has 3 aromatic rings. The molecule has 1 aliphatic carbocycles. The molecule has 0 radical (unpaired) electrons. The number of carbonyl (C=O) groups excluding carboxylic acids is 2. The molecule has 0 saturated heterocycles. The topological polar surface area (TPSA) is 82.9 Å². The average molecular weight is 526 g/mol. The Bertz CT molecular complexity index is 1440. The first-order valence-corrected chi connectivity index (χ1v) is 12.2. The van der Waals surface area contributed by atoms with E-state index in [4.69, 9.17) is 14.2 Å². The van der Waals surface area contributed by atoms with Crippen molar-refractivity contribution in [1.29, 1.82) is 0 Å². The summed E-state index contributed by atoms with van der Waals surface area (Å²) in [5.74, 6) is -1.59. The Morgan fingerprint density at radius 1 is 1.11 bits per heavy atom. The van der Waals surface area contributed by atoms with E-state index in [2.05, 4.69) is 5.10 Å². The zero-order valence-corrected chi connectivity index (χ0v) is 22.1. The lowest BCUT2D eigenvalue weighted by atomic mass is 9.96. The predicted octanol–water partition coefficient (Wildman–Crippen LogP) is 4.87. The van der Waals surface area contributed by atoms with Gasteiger partial charge in [-0.25, -0.2) is 13.5 Å². The van der Waals surface area contributed by atoms with Gasteiger partial charge in [-0.05, 0) is 51.0 Å². The van der Waals surface area contributed by atoms with Crippen molar-refractivity contribution in [1.82, 2.24) is 14.7 Å². The third-order valence-electron chi connectivity index (χ3n) is 7.24. The average Bonchev–Trinajstić information content (AvgIpc) is 3.57. The predicted molar refractivity (Wildman–Crippen MR) is 135 cm³/mol. The fraction of sp³-hybridized carbons (Fsp3) is 0.393. The second-order valence-corrected chi connectivity index (χ2v) is 10.6. The molecular formula is C28H29F2N3O5. The number of hydrogen-bond acceptors (Lipinski definition) is 6. The molecule has 2 aliphatic rings. The van der Waals surface area contributed by atoms with E-state index in [1.165, 1.54) is 18.9 Å². The molecule has 1 aliphatic heterocycles. The number of rotatable bonds is 5. The lowest BCUT2D eigenvalue weighted by molar-refractivity contribution is -0.142. The number of nitrogens with zero attached hydrogens (tertiary/aromatic N) is 3. The number of benzene rings is 2. The summed E-state index contributed by atoms with van der Waals surface area (Å²) in [6.07, 6.45) is 0.601. The van der Waals surface area contributed by atoms with Crippen molar-refractivity contribution in [2.75, 3.05) is 21.3 Å². The first-order valence-electron chi connectivity index (χ1n) is 12.2. The Morgan fingerprint density at radius 3 is 2.39 bits per heavy atom. The molecule has 0 bridgehead atoms. The van der Waals surface area contributed by atoms with Crippen molar-refractivity contribution in [2.45, 2.75) is 45.3 Å². The summed E-state index contributed by atoms with van der Waals surface area (Å²) in [5, 5.41) is 4.57. The zero-order valence-electron chi connectivity index (χ0n) is 22.1. The van der Waals surface area contributed by atoms with E-state index in [1.54, 1.807) is 18.0 Å². The Labute approximate surface area is 219 Å². The molecule has 38 heavy (non-hydrogen) atoms. The van der Waals surface area contributed by atoms with Gasteiger partial charge in [-0.2, -0.15) is 5.10 Å². The van der Waals surface area contributed by atoms with Crippen molar-refractivity contribution in [3.8, 4) is 28.4 Å². The quantitative estimate of drug-likeness (QED) is 0.443.